The zero-order chi connectivity index (χ0) is 20.1. The van der Waals surface area contributed by atoms with Crippen LogP contribution in [0.4, 0.5) is 0 Å². The predicted molar refractivity (Wildman–Crippen MR) is 107 cm³/mol. The van der Waals surface area contributed by atoms with E-state index < -0.39 is 5.91 Å². The SMILES string of the molecule is CC(C)(C)c1ccc(C(=O)NNC(=O)/C=C/c2ccc3c(c2)OCCO3)cc1. The number of hydrogen-bond donors (Lipinski definition) is 2. The lowest BCUT2D eigenvalue weighted by molar-refractivity contribution is -0.117. The van der Waals surface area contributed by atoms with E-state index in [0.717, 1.165) is 11.1 Å². The van der Waals surface area contributed by atoms with Gasteiger partial charge in [0.05, 0.1) is 0 Å². The maximum Gasteiger partial charge on any atom is 0.269 e. The second-order valence-corrected chi connectivity index (χ2v) is 7.51. The van der Waals surface area contributed by atoms with Gasteiger partial charge < -0.3 is 9.47 Å². The van der Waals surface area contributed by atoms with Gasteiger partial charge in [-0.1, -0.05) is 39.0 Å². The number of carbonyl (C=O) groups excluding carboxylic acids is 2. The van der Waals surface area contributed by atoms with Gasteiger partial charge in [-0.15, -0.1) is 0 Å². The average Bonchev–Trinajstić information content (AvgIpc) is 2.69. The number of hydrazine groups is 1. The van der Waals surface area contributed by atoms with Crippen LogP contribution in [0.5, 0.6) is 11.5 Å². The molecule has 0 saturated carbocycles. The summed E-state index contributed by atoms with van der Waals surface area (Å²) in [4.78, 5) is 24.1. The molecule has 0 fully saturated rings. The third-order valence-corrected chi connectivity index (χ3v) is 4.31. The minimum absolute atomic E-state index is 0.0157. The summed E-state index contributed by atoms with van der Waals surface area (Å²) in [6.45, 7) is 7.36. The molecule has 0 saturated heterocycles. The van der Waals surface area contributed by atoms with Gasteiger partial charge in [-0.3, -0.25) is 20.4 Å². The van der Waals surface area contributed by atoms with E-state index in [1.807, 2.05) is 18.2 Å². The molecule has 6 heteroatoms. The van der Waals surface area contributed by atoms with Crippen molar-refractivity contribution in [3.8, 4) is 11.5 Å². The molecule has 28 heavy (non-hydrogen) atoms. The fraction of sp³-hybridized carbons (Fsp3) is 0.273. The number of nitrogens with one attached hydrogen (secondary N) is 2. The molecule has 0 unspecified atom stereocenters. The van der Waals surface area contributed by atoms with E-state index in [2.05, 4.69) is 31.6 Å². The van der Waals surface area contributed by atoms with E-state index in [-0.39, 0.29) is 11.3 Å². The molecule has 146 valence electrons. The van der Waals surface area contributed by atoms with Crippen LogP contribution >= 0.6 is 0 Å². The van der Waals surface area contributed by atoms with E-state index in [9.17, 15) is 9.59 Å². The van der Waals surface area contributed by atoms with Crippen LogP contribution in [0.3, 0.4) is 0 Å². The zero-order valence-corrected chi connectivity index (χ0v) is 16.2. The van der Waals surface area contributed by atoms with E-state index in [4.69, 9.17) is 9.47 Å². The maximum atomic E-state index is 12.2. The number of carbonyl (C=O) groups is 2. The summed E-state index contributed by atoms with van der Waals surface area (Å²) in [5, 5.41) is 0. The molecular formula is C22H24N2O4. The minimum Gasteiger partial charge on any atom is -0.486 e. The topological polar surface area (TPSA) is 76.7 Å². The first-order chi connectivity index (χ1) is 13.3. The first-order valence-corrected chi connectivity index (χ1v) is 9.11. The van der Waals surface area contributed by atoms with Gasteiger partial charge in [0.15, 0.2) is 11.5 Å². The molecule has 0 atom stereocenters. The van der Waals surface area contributed by atoms with Crippen molar-refractivity contribution in [1.29, 1.82) is 0 Å². The molecule has 2 aromatic carbocycles. The van der Waals surface area contributed by atoms with Gasteiger partial charge in [0.1, 0.15) is 13.2 Å². The molecule has 2 N–H and O–H groups in total. The molecule has 1 heterocycles. The fourth-order valence-electron chi connectivity index (χ4n) is 2.69. The van der Waals surface area contributed by atoms with Crippen LogP contribution in [0.1, 0.15) is 42.3 Å². The van der Waals surface area contributed by atoms with Crippen LogP contribution < -0.4 is 20.3 Å². The van der Waals surface area contributed by atoms with Crippen LogP contribution in [0, 0.1) is 0 Å². The summed E-state index contributed by atoms with van der Waals surface area (Å²) in [5.74, 6) is 0.537. The van der Waals surface area contributed by atoms with E-state index in [1.165, 1.54) is 6.08 Å². The first-order valence-electron chi connectivity index (χ1n) is 9.11. The normalized spacial score (nSPS) is 13.2. The molecule has 0 radical (unpaired) electrons. The van der Waals surface area contributed by atoms with E-state index >= 15 is 0 Å². The third-order valence-electron chi connectivity index (χ3n) is 4.31. The molecular weight excluding hydrogens is 356 g/mol. The number of rotatable bonds is 3. The lowest BCUT2D eigenvalue weighted by Crippen LogP contribution is -2.40. The third kappa shape index (κ3) is 4.91. The molecule has 2 aromatic rings. The van der Waals surface area contributed by atoms with Crippen LogP contribution in [0.2, 0.25) is 0 Å². The van der Waals surface area contributed by atoms with Gasteiger partial charge >= 0.3 is 0 Å². The summed E-state index contributed by atoms with van der Waals surface area (Å²) in [6, 6.07) is 12.7. The average molecular weight is 380 g/mol. The van der Waals surface area contributed by atoms with Crippen molar-refractivity contribution in [2.75, 3.05) is 13.2 Å². The van der Waals surface area contributed by atoms with E-state index in [1.54, 1.807) is 30.3 Å². The monoisotopic (exact) mass is 380 g/mol. The molecule has 3 rings (SSSR count). The minimum atomic E-state index is -0.436. The molecule has 0 aliphatic carbocycles. The fourth-order valence-corrected chi connectivity index (χ4v) is 2.69. The Morgan fingerprint density at radius 2 is 1.61 bits per heavy atom. The molecule has 2 amide bonds. The highest BCUT2D eigenvalue weighted by molar-refractivity contribution is 5.98. The maximum absolute atomic E-state index is 12.2. The molecule has 0 aromatic heterocycles. The Bertz CT molecular complexity index is 896. The summed E-state index contributed by atoms with van der Waals surface area (Å²) < 4.78 is 11.0. The second-order valence-electron chi connectivity index (χ2n) is 7.51. The van der Waals surface area contributed by atoms with Crippen LogP contribution in [-0.4, -0.2) is 25.0 Å². The van der Waals surface area contributed by atoms with Crippen molar-refractivity contribution in [3.63, 3.8) is 0 Å². The van der Waals surface area contributed by atoms with Crippen molar-refractivity contribution in [2.24, 2.45) is 0 Å². The lowest BCUT2D eigenvalue weighted by atomic mass is 9.87. The first kappa shape index (κ1) is 19.5. The van der Waals surface area contributed by atoms with E-state index in [0.29, 0.717) is 30.3 Å². The molecule has 0 bridgehead atoms. The second kappa shape index (κ2) is 8.17. The Morgan fingerprint density at radius 3 is 2.29 bits per heavy atom. The molecule has 0 spiro atoms. The summed E-state index contributed by atoms with van der Waals surface area (Å²) >= 11 is 0. The predicted octanol–water partition coefficient (Wildman–Crippen LogP) is 3.23. The quantitative estimate of drug-likeness (QED) is 0.633. The number of amides is 2. The van der Waals surface area contributed by atoms with Gasteiger partial charge in [0.2, 0.25) is 0 Å². The molecule has 1 aliphatic rings. The Morgan fingerprint density at radius 1 is 0.929 bits per heavy atom. The Balaban J connectivity index is 1.53. The number of hydrogen-bond acceptors (Lipinski definition) is 4. The summed E-state index contributed by atoms with van der Waals surface area (Å²) in [6.07, 6.45) is 2.98. The lowest BCUT2D eigenvalue weighted by Gasteiger charge is -2.19. The number of benzene rings is 2. The standard InChI is InChI=1S/C22H24N2O4/c1-22(2,3)17-8-6-16(7-9-17)21(26)24-23-20(25)11-5-15-4-10-18-19(14-15)28-13-12-27-18/h4-11,14H,12-13H2,1-3H3,(H,23,25)(H,24,26)/b11-5+. The summed E-state index contributed by atoms with van der Waals surface area (Å²) in [5.41, 5.74) is 7.21. The number of ether oxygens (including phenoxy) is 2. The highest BCUT2D eigenvalue weighted by Gasteiger charge is 2.14. The van der Waals surface area contributed by atoms with Crippen LogP contribution in [0.25, 0.3) is 6.08 Å². The van der Waals surface area contributed by atoms with Crippen molar-refractivity contribution >= 4 is 17.9 Å². The summed E-state index contributed by atoms with van der Waals surface area (Å²) in [7, 11) is 0. The Labute approximate surface area is 164 Å². The van der Waals surface area contributed by atoms with Crippen molar-refractivity contribution in [2.45, 2.75) is 26.2 Å². The Hall–Kier alpha value is -3.28. The van der Waals surface area contributed by atoms with Gasteiger partial charge in [-0.25, -0.2) is 0 Å². The van der Waals surface area contributed by atoms with Crippen LogP contribution in [0.15, 0.2) is 48.5 Å². The highest BCUT2D eigenvalue weighted by atomic mass is 16.6. The smallest absolute Gasteiger partial charge is 0.269 e. The highest BCUT2D eigenvalue weighted by Crippen LogP contribution is 2.31. The zero-order valence-electron chi connectivity index (χ0n) is 16.2. The van der Waals surface area contributed by atoms with Crippen LogP contribution in [-0.2, 0) is 10.2 Å². The largest absolute Gasteiger partial charge is 0.486 e. The van der Waals surface area contributed by atoms with Gasteiger partial charge in [-0.05, 0) is 46.9 Å². The van der Waals surface area contributed by atoms with Gasteiger partial charge in [0.25, 0.3) is 11.8 Å². The Kier molecular flexibility index (Phi) is 5.68. The van der Waals surface area contributed by atoms with Gasteiger partial charge in [-0.2, -0.15) is 0 Å². The molecule has 1 aliphatic heterocycles. The number of fused-ring (bicyclic) bond motifs is 1. The van der Waals surface area contributed by atoms with Crippen molar-refractivity contribution in [3.05, 3.63) is 65.2 Å². The van der Waals surface area contributed by atoms with Crippen molar-refractivity contribution < 1.29 is 19.1 Å². The van der Waals surface area contributed by atoms with Crippen molar-refractivity contribution in [1.82, 2.24) is 10.9 Å². The van der Waals surface area contributed by atoms with Gasteiger partial charge in [0, 0.05) is 11.6 Å². The molecule has 6 nitrogen and oxygen atoms in total.